The Labute approximate surface area is 136 Å². The second-order valence-corrected chi connectivity index (χ2v) is 6.38. The Morgan fingerprint density at radius 1 is 1.26 bits per heavy atom. The average molecular weight is 332 g/mol. The fourth-order valence-corrected chi connectivity index (χ4v) is 2.48. The van der Waals surface area contributed by atoms with Gasteiger partial charge in [0, 0.05) is 12.0 Å². The Bertz CT molecular complexity index is 423. The van der Waals surface area contributed by atoms with E-state index in [1.807, 2.05) is 0 Å². The van der Waals surface area contributed by atoms with Crippen molar-refractivity contribution in [3.63, 3.8) is 0 Å². The fraction of sp³-hybridized carbons (Fsp3) is 0.765. The molecule has 132 valence electrons. The maximum Gasteiger partial charge on any atom is 0.333 e. The van der Waals surface area contributed by atoms with Crippen LogP contribution in [0.1, 0.15) is 58.8 Å². The molecular formula is C17H26F2O4. The summed E-state index contributed by atoms with van der Waals surface area (Å²) in [5, 5.41) is 0. The first-order chi connectivity index (χ1) is 10.7. The van der Waals surface area contributed by atoms with Gasteiger partial charge in [0.15, 0.2) is 0 Å². The van der Waals surface area contributed by atoms with Crippen molar-refractivity contribution in [2.24, 2.45) is 5.92 Å². The molecule has 1 rings (SSSR count). The third-order valence-electron chi connectivity index (χ3n) is 3.88. The molecule has 4 nitrogen and oxygen atoms in total. The third kappa shape index (κ3) is 8.09. The number of hydrogen-bond donors (Lipinski definition) is 0. The average Bonchev–Trinajstić information content (AvgIpc) is 2.49. The molecule has 0 heterocycles. The van der Waals surface area contributed by atoms with Crippen LogP contribution >= 0.6 is 0 Å². The number of carbonyl (C=O) groups excluding carboxylic acids is 2. The third-order valence-corrected chi connectivity index (χ3v) is 3.88. The second kappa shape index (κ2) is 8.99. The van der Waals surface area contributed by atoms with Crippen LogP contribution in [0.3, 0.4) is 0 Å². The number of halogens is 2. The van der Waals surface area contributed by atoms with E-state index in [-0.39, 0.29) is 30.5 Å². The van der Waals surface area contributed by atoms with E-state index in [0.717, 1.165) is 39.0 Å². The van der Waals surface area contributed by atoms with Gasteiger partial charge in [-0.3, -0.25) is 4.79 Å². The normalized spacial score (nSPS) is 17.4. The molecule has 1 aliphatic rings. The van der Waals surface area contributed by atoms with Gasteiger partial charge in [-0.05, 0) is 33.1 Å². The molecule has 0 bridgehead atoms. The summed E-state index contributed by atoms with van der Waals surface area (Å²) in [6.45, 7) is 5.53. The van der Waals surface area contributed by atoms with E-state index in [1.54, 1.807) is 0 Å². The van der Waals surface area contributed by atoms with E-state index in [9.17, 15) is 18.4 Å². The lowest BCUT2D eigenvalue weighted by Crippen LogP contribution is -2.31. The SMILES string of the molecule is C=C(C)C(=O)OCC(CCC(C)(F)F)OC(=O)C1CCCCC1. The summed E-state index contributed by atoms with van der Waals surface area (Å²) in [4.78, 5) is 23.6. The predicted octanol–water partition coefficient (Wildman–Crippen LogP) is 4.03. The van der Waals surface area contributed by atoms with Gasteiger partial charge in [-0.2, -0.15) is 0 Å². The molecule has 1 unspecified atom stereocenters. The predicted molar refractivity (Wildman–Crippen MR) is 82.1 cm³/mol. The molecule has 6 heteroatoms. The van der Waals surface area contributed by atoms with E-state index in [4.69, 9.17) is 9.47 Å². The van der Waals surface area contributed by atoms with E-state index in [1.165, 1.54) is 6.92 Å². The van der Waals surface area contributed by atoms with Crippen molar-refractivity contribution in [1.29, 1.82) is 0 Å². The lowest BCUT2D eigenvalue weighted by atomic mass is 9.89. The van der Waals surface area contributed by atoms with Crippen LogP contribution in [-0.2, 0) is 19.1 Å². The first-order valence-corrected chi connectivity index (χ1v) is 8.10. The largest absolute Gasteiger partial charge is 0.459 e. The summed E-state index contributed by atoms with van der Waals surface area (Å²) in [6, 6.07) is 0. The summed E-state index contributed by atoms with van der Waals surface area (Å²) < 4.78 is 36.4. The highest BCUT2D eigenvalue weighted by Crippen LogP contribution is 2.26. The molecule has 23 heavy (non-hydrogen) atoms. The number of ether oxygens (including phenoxy) is 2. The first kappa shape index (κ1) is 19.6. The monoisotopic (exact) mass is 332 g/mol. The fourth-order valence-electron chi connectivity index (χ4n) is 2.48. The molecule has 0 aromatic heterocycles. The van der Waals surface area contributed by atoms with Crippen LogP contribution in [0, 0.1) is 5.92 Å². The summed E-state index contributed by atoms with van der Waals surface area (Å²) in [5.74, 6) is -4.02. The molecule has 0 radical (unpaired) electrons. The summed E-state index contributed by atoms with van der Waals surface area (Å²) in [7, 11) is 0. The van der Waals surface area contributed by atoms with Gasteiger partial charge in [-0.15, -0.1) is 0 Å². The van der Waals surface area contributed by atoms with Crippen molar-refractivity contribution >= 4 is 11.9 Å². The van der Waals surface area contributed by atoms with Gasteiger partial charge in [0.05, 0.1) is 5.92 Å². The molecule has 0 amide bonds. The summed E-state index contributed by atoms with van der Waals surface area (Å²) in [5.41, 5.74) is 0.211. The number of rotatable bonds is 8. The number of hydrogen-bond acceptors (Lipinski definition) is 4. The summed E-state index contributed by atoms with van der Waals surface area (Å²) in [6.07, 6.45) is 3.25. The highest BCUT2D eigenvalue weighted by atomic mass is 19.3. The van der Waals surface area contributed by atoms with E-state index in [2.05, 4.69) is 6.58 Å². The smallest absolute Gasteiger partial charge is 0.333 e. The minimum absolute atomic E-state index is 0.0502. The van der Waals surface area contributed by atoms with Crippen LogP contribution in [0.5, 0.6) is 0 Å². The quantitative estimate of drug-likeness (QED) is 0.497. The minimum atomic E-state index is -2.85. The van der Waals surface area contributed by atoms with Crippen LogP contribution in [-0.4, -0.2) is 30.6 Å². The van der Waals surface area contributed by atoms with Crippen LogP contribution in [0.4, 0.5) is 8.78 Å². The molecule has 1 aliphatic carbocycles. The molecule has 1 saturated carbocycles. The maximum atomic E-state index is 13.0. The minimum Gasteiger partial charge on any atom is -0.459 e. The zero-order valence-corrected chi connectivity index (χ0v) is 13.9. The molecule has 1 fully saturated rings. The van der Waals surface area contributed by atoms with E-state index in [0.29, 0.717) is 0 Å². The lowest BCUT2D eigenvalue weighted by molar-refractivity contribution is -0.163. The van der Waals surface area contributed by atoms with Gasteiger partial charge in [0.2, 0.25) is 5.92 Å². The molecule has 0 aromatic carbocycles. The zero-order chi connectivity index (χ0) is 17.5. The zero-order valence-electron chi connectivity index (χ0n) is 13.9. The number of esters is 2. The Balaban J connectivity index is 2.56. The van der Waals surface area contributed by atoms with Gasteiger partial charge in [-0.1, -0.05) is 25.8 Å². The molecule has 0 aliphatic heterocycles. The topological polar surface area (TPSA) is 52.6 Å². The Kier molecular flexibility index (Phi) is 7.65. The Morgan fingerprint density at radius 3 is 2.39 bits per heavy atom. The maximum absolute atomic E-state index is 13.0. The van der Waals surface area contributed by atoms with Crippen molar-refractivity contribution in [2.75, 3.05) is 6.61 Å². The molecule has 1 atom stereocenters. The van der Waals surface area contributed by atoms with Crippen LogP contribution < -0.4 is 0 Å². The summed E-state index contributed by atoms with van der Waals surface area (Å²) >= 11 is 0. The van der Waals surface area contributed by atoms with E-state index >= 15 is 0 Å². The highest BCUT2D eigenvalue weighted by molar-refractivity contribution is 5.86. The van der Waals surface area contributed by atoms with Crippen molar-refractivity contribution in [3.8, 4) is 0 Å². The second-order valence-electron chi connectivity index (χ2n) is 6.38. The van der Waals surface area contributed by atoms with Gasteiger partial charge in [-0.25, -0.2) is 13.6 Å². The van der Waals surface area contributed by atoms with Crippen molar-refractivity contribution < 1.29 is 27.8 Å². The van der Waals surface area contributed by atoms with Crippen molar-refractivity contribution in [1.82, 2.24) is 0 Å². The lowest BCUT2D eigenvalue weighted by Gasteiger charge is -2.24. The van der Waals surface area contributed by atoms with Gasteiger partial charge in [0.25, 0.3) is 0 Å². The Morgan fingerprint density at radius 2 is 1.87 bits per heavy atom. The van der Waals surface area contributed by atoms with Crippen molar-refractivity contribution in [2.45, 2.75) is 70.8 Å². The van der Waals surface area contributed by atoms with Gasteiger partial charge in [0.1, 0.15) is 12.7 Å². The molecule has 0 aromatic rings. The van der Waals surface area contributed by atoms with Crippen LogP contribution in [0.25, 0.3) is 0 Å². The Hall–Kier alpha value is -1.46. The molecular weight excluding hydrogens is 306 g/mol. The van der Waals surface area contributed by atoms with Crippen LogP contribution in [0.15, 0.2) is 12.2 Å². The first-order valence-electron chi connectivity index (χ1n) is 8.10. The molecule has 0 saturated heterocycles. The van der Waals surface area contributed by atoms with Gasteiger partial charge >= 0.3 is 11.9 Å². The van der Waals surface area contributed by atoms with Crippen molar-refractivity contribution in [3.05, 3.63) is 12.2 Å². The molecule has 0 spiro atoms. The van der Waals surface area contributed by atoms with Crippen LogP contribution in [0.2, 0.25) is 0 Å². The van der Waals surface area contributed by atoms with E-state index < -0.39 is 24.4 Å². The standard InChI is InChI=1S/C17H26F2O4/c1-12(2)15(20)22-11-14(9-10-17(3,18)19)23-16(21)13-7-5-4-6-8-13/h13-14H,1,4-11H2,2-3H3. The van der Waals surface area contributed by atoms with Gasteiger partial charge < -0.3 is 9.47 Å². The molecule has 0 N–H and O–H groups in total. The highest BCUT2D eigenvalue weighted by Gasteiger charge is 2.29. The number of carbonyl (C=O) groups is 2. The number of alkyl halides is 2.